The zero-order chi connectivity index (χ0) is 32.4. The van der Waals surface area contributed by atoms with E-state index in [1.807, 2.05) is 0 Å². The second-order valence-electron chi connectivity index (χ2n) is 10.5. The number of alkyl halides is 2. The van der Waals surface area contributed by atoms with E-state index < -0.39 is 28.1 Å². The standard InChI is InChI=1S/C28H29ClF2N8O5S/c29-22-24(33)37-23(32)21(36-22)25(40)35-20-7-8-28(38-20)9-11-39(12-10-28)26(41)17-4-2-6-19(14-17)45(42,43)34-15-16-3-1-5-18(13-16)44-27(30)31/h1-6,13-14,27,34H,7-12,15H2,(H4,32,33,37)(H,35,38,40). The van der Waals surface area contributed by atoms with Gasteiger partial charge >= 0.3 is 6.61 Å². The minimum absolute atomic E-state index is 0.0852. The molecule has 1 aromatic heterocycles. The Kier molecular flexibility index (Phi) is 9.18. The molecule has 0 unspecified atom stereocenters. The van der Waals surface area contributed by atoms with Crippen molar-refractivity contribution in [3.63, 3.8) is 0 Å². The van der Waals surface area contributed by atoms with E-state index >= 15 is 0 Å². The lowest BCUT2D eigenvalue weighted by Crippen LogP contribution is -2.45. The molecule has 3 aromatic rings. The van der Waals surface area contributed by atoms with Crippen molar-refractivity contribution < 1.29 is 31.5 Å². The molecule has 5 rings (SSSR count). The number of amides is 2. The third-order valence-corrected chi connectivity index (χ3v) is 9.22. The number of likely N-dealkylation sites (tertiary alicyclic amines) is 1. The van der Waals surface area contributed by atoms with Crippen LogP contribution in [0, 0.1) is 0 Å². The quantitative estimate of drug-likeness (QED) is 0.280. The highest BCUT2D eigenvalue weighted by Gasteiger charge is 2.40. The number of anilines is 2. The molecule has 17 heteroatoms. The van der Waals surface area contributed by atoms with Gasteiger partial charge < -0.3 is 26.4 Å². The maximum Gasteiger partial charge on any atom is 0.387 e. The number of benzene rings is 2. The first-order chi connectivity index (χ1) is 21.3. The van der Waals surface area contributed by atoms with Gasteiger partial charge in [-0.25, -0.2) is 23.1 Å². The van der Waals surface area contributed by atoms with Crippen LogP contribution in [0.15, 0.2) is 58.4 Å². The Morgan fingerprint density at radius 2 is 1.78 bits per heavy atom. The second kappa shape index (κ2) is 12.9. The number of ether oxygens (including phenoxy) is 1. The second-order valence-corrected chi connectivity index (χ2v) is 12.7. The molecular formula is C28H29ClF2N8O5S. The van der Waals surface area contributed by atoms with Crippen molar-refractivity contribution >= 4 is 50.9 Å². The summed E-state index contributed by atoms with van der Waals surface area (Å²) in [5.41, 5.74) is 11.3. The van der Waals surface area contributed by atoms with Gasteiger partial charge in [0.2, 0.25) is 10.0 Å². The number of amidine groups is 1. The van der Waals surface area contributed by atoms with Crippen LogP contribution in [0.4, 0.5) is 20.4 Å². The number of aromatic nitrogens is 2. The maximum atomic E-state index is 13.3. The zero-order valence-electron chi connectivity index (χ0n) is 23.7. The van der Waals surface area contributed by atoms with Crippen molar-refractivity contribution in [2.24, 2.45) is 4.99 Å². The first kappa shape index (κ1) is 32.0. The first-order valence-electron chi connectivity index (χ1n) is 13.8. The molecular weight excluding hydrogens is 634 g/mol. The van der Waals surface area contributed by atoms with Gasteiger partial charge in [0.25, 0.3) is 11.8 Å². The number of aliphatic imine (C=N–C) groups is 1. The summed E-state index contributed by atoms with van der Waals surface area (Å²) in [5, 5.41) is 2.58. The average molecular weight is 663 g/mol. The van der Waals surface area contributed by atoms with E-state index in [4.69, 9.17) is 28.1 Å². The molecule has 2 amide bonds. The van der Waals surface area contributed by atoms with Crippen molar-refractivity contribution in [1.29, 1.82) is 0 Å². The number of nitrogens with two attached hydrogens (primary N) is 2. The predicted molar refractivity (Wildman–Crippen MR) is 161 cm³/mol. The van der Waals surface area contributed by atoms with Crippen LogP contribution in [-0.4, -0.2) is 66.2 Å². The number of nitrogens with zero attached hydrogens (tertiary/aromatic N) is 4. The summed E-state index contributed by atoms with van der Waals surface area (Å²) in [6, 6.07) is 11.4. The van der Waals surface area contributed by atoms with Crippen LogP contribution >= 0.6 is 11.6 Å². The summed E-state index contributed by atoms with van der Waals surface area (Å²) < 4.78 is 57.7. The normalized spacial score (nSPS) is 16.1. The Labute approximate surface area is 262 Å². The first-order valence-corrected chi connectivity index (χ1v) is 15.6. The third-order valence-electron chi connectivity index (χ3n) is 7.54. The Hall–Kier alpha value is -4.41. The van der Waals surface area contributed by atoms with Crippen molar-refractivity contribution in [3.8, 4) is 5.75 Å². The summed E-state index contributed by atoms with van der Waals surface area (Å²) in [7, 11) is -4.03. The van der Waals surface area contributed by atoms with Gasteiger partial charge in [-0.3, -0.25) is 14.6 Å². The minimum atomic E-state index is -4.03. The van der Waals surface area contributed by atoms with E-state index in [0.29, 0.717) is 50.2 Å². The predicted octanol–water partition coefficient (Wildman–Crippen LogP) is 2.97. The largest absolute Gasteiger partial charge is 0.435 e. The van der Waals surface area contributed by atoms with Crippen LogP contribution in [0.1, 0.15) is 52.1 Å². The van der Waals surface area contributed by atoms with Crippen LogP contribution in [0.25, 0.3) is 0 Å². The number of piperidine rings is 1. The molecule has 1 saturated heterocycles. The van der Waals surface area contributed by atoms with Crippen LogP contribution in [-0.2, 0) is 16.6 Å². The lowest BCUT2D eigenvalue weighted by molar-refractivity contribution is -0.0498. The fourth-order valence-corrected chi connectivity index (χ4v) is 6.39. The molecule has 238 valence electrons. The molecule has 0 aliphatic carbocycles. The Balaban J connectivity index is 1.19. The summed E-state index contributed by atoms with van der Waals surface area (Å²) >= 11 is 5.88. The van der Waals surface area contributed by atoms with Crippen molar-refractivity contribution in [3.05, 3.63) is 70.5 Å². The average Bonchev–Trinajstić information content (AvgIpc) is 3.39. The van der Waals surface area contributed by atoms with Gasteiger partial charge in [-0.2, -0.15) is 8.78 Å². The van der Waals surface area contributed by atoms with Gasteiger partial charge in [0.15, 0.2) is 22.5 Å². The highest BCUT2D eigenvalue weighted by atomic mass is 35.5. The molecule has 13 nitrogen and oxygen atoms in total. The van der Waals surface area contributed by atoms with E-state index in [9.17, 15) is 26.8 Å². The van der Waals surface area contributed by atoms with Gasteiger partial charge in [-0.05, 0) is 55.2 Å². The fraction of sp³-hybridized carbons (Fsp3) is 0.321. The lowest BCUT2D eigenvalue weighted by atomic mass is 9.86. The van der Waals surface area contributed by atoms with E-state index in [0.717, 1.165) is 0 Å². The van der Waals surface area contributed by atoms with Crippen molar-refractivity contribution in [2.75, 3.05) is 24.6 Å². The van der Waals surface area contributed by atoms with Crippen LogP contribution in [0.5, 0.6) is 5.75 Å². The molecule has 0 bridgehead atoms. The van der Waals surface area contributed by atoms with E-state index in [2.05, 4.69) is 24.7 Å². The van der Waals surface area contributed by atoms with Gasteiger partial charge in [-0.1, -0.05) is 29.8 Å². The maximum absolute atomic E-state index is 13.3. The van der Waals surface area contributed by atoms with Crippen LogP contribution in [0.3, 0.4) is 0 Å². The molecule has 0 saturated carbocycles. The fourth-order valence-electron chi connectivity index (χ4n) is 5.20. The summed E-state index contributed by atoms with van der Waals surface area (Å²) in [6.07, 6.45) is 2.26. The molecule has 1 fully saturated rings. The Bertz CT molecular complexity index is 1770. The number of halogens is 3. The van der Waals surface area contributed by atoms with Gasteiger partial charge in [0.05, 0.1) is 10.4 Å². The van der Waals surface area contributed by atoms with Gasteiger partial charge in [0.1, 0.15) is 11.6 Å². The summed E-state index contributed by atoms with van der Waals surface area (Å²) in [5.74, 6) is -0.807. The van der Waals surface area contributed by atoms with E-state index in [-0.39, 0.29) is 51.1 Å². The molecule has 45 heavy (non-hydrogen) atoms. The topological polar surface area (TPSA) is 195 Å². The smallest absolute Gasteiger partial charge is 0.387 e. The SMILES string of the molecule is Nc1nc(N)c(C(=O)NC2=NC3(CC2)CCN(C(=O)c2cccc(S(=O)(=O)NCc4cccc(OC(F)F)c4)c2)CC3)nc1Cl. The van der Waals surface area contributed by atoms with Crippen LogP contribution in [0.2, 0.25) is 5.15 Å². The Morgan fingerprint density at radius 3 is 2.51 bits per heavy atom. The zero-order valence-corrected chi connectivity index (χ0v) is 25.2. The van der Waals surface area contributed by atoms with E-state index in [1.54, 1.807) is 11.0 Å². The number of sulfonamides is 1. The van der Waals surface area contributed by atoms with Gasteiger partial charge in [0, 0.05) is 31.6 Å². The summed E-state index contributed by atoms with van der Waals surface area (Å²) in [4.78, 5) is 40.0. The number of carbonyl (C=O) groups is 2. The number of nitrogen functional groups attached to an aromatic ring is 2. The minimum Gasteiger partial charge on any atom is -0.435 e. The third kappa shape index (κ3) is 7.46. The van der Waals surface area contributed by atoms with E-state index in [1.165, 1.54) is 42.5 Å². The highest BCUT2D eigenvalue weighted by Crippen LogP contribution is 2.36. The number of nitrogens with one attached hydrogen (secondary N) is 2. The molecule has 0 atom stereocenters. The van der Waals surface area contributed by atoms with Crippen molar-refractivity contribution in [2.45, 2.75) is 49.3 Å². The van der Waals surface area contributed by atoms with Gasteiger partial charge in [-0.15, -0.1) is 0 Å². The molecule has 6 N–H and O–H groups in total. The highest BCUT2D eigenvalue weighted by molar-refractivity contribution is 7.89. The number of hydrogen-bond acceptors (Lipinski definition) is 10. The number of carbonyl (C=O) groups excluding carboxylic acids is 2. The summed E-state index contributed by atoms with van der Waals surface area (Å²) in [6.45, 7) is -2.42. The number of hydrogen-bond donors (Lipinski definition) is 4. The molecule has 0 radical (unpaired) electrons. The molecule has 2 aliphatic heterocycles. The monoisotopic (exact) mass is 662 g/mol. The lowest BCUT2D eigenvalue weighted by Gasteiger charge is -2.37. The Morgan fingerprint density at radius 1 is 1.04 bits per heavy atom. The molecule has 3 heterocycles. The number of rotatable bonds is 8. The van der Waals surface area contributed by atoms with Crippen molar-refractivity contribution in [1.82, 2.24) is 24.9 Å². The molecule has 2 aromatic carbocycles. The van der Waals surface area contributed by atoms with Crippen LogP contribution < -0.4 is 26.2 Å². The molecule has 2 aliphatic rings. The molecule has 1 spiro atoms.